The van der Waals surface area contributed by atoms with Crippen molar-refractivity contribution in [2.24, 2.45) is 0 Å². The smallest absolute Gasteiger partial charge is 0.227 e. The van der Waals surface area contributed by atoms with Crippen LogP contribution in [0, 0.1) is 0 Å². The molecule has 0 unspecified atom stereocenters. The number of carbonyl (C=O) groups is 1. The van der Waals surface area contributed by atoms with Crippen LogP contribution in [0.5, 0.6) is 11.5 Å². The van der Waals surface area contributed by atoms with Gasteiger partial charge in [-0.3, -0.25) is 4.79 Å². The zero-order valence-electron chi connectivity index (χ0n) is 17.0. The van der Waals surface area contributed by atoms with Crippen molar-refractivity contribution in [2.45, 2.75) is 13.3 Å². The minimum Gasteiger partial charge on any atom is -0.493 e. The molecule has 0 aromatic heterocycles. The Morgan fingerprint density at radius 2 is 1.83 bits per heavy atom. The van der Waals surface area contributed by atoms with Crippen LogP contribution in [0.25, 0.3) is 0 Å². The quantitative estimate of drug-likeness (QED) is 0.706. The zero-order valence-corrected chi connectivity index (χ0v) is 17.7. The molecule has 0 bridgehead atoms. The number of methoxy groups -OCH3 is 1. The van der Waals surface area contributed by atoms with Gasteiger partial charge in [0, 0.05) is 31.2 Å². The van der Waals surface area contributed by atoms with Crippen molar-refractivity contribution in [2.75, 3.05) is 56.7 Å². The summed E-state index contributed by atoms with van der Waals surface area (Å²) in [6.07, 6.45) is 0.230. The highest BCUT2D eigenvalue weighted by atomic mass is 35.5. The Kier molecular flexibility index (Phi) is 7.61. The molecule has 7 heteroatoms. The standard InChI is InChI=1S/C22H28ClN3O3/c1-3-25-11-13-26(14-12-25)19-9-8-17(23)16-18(19)24-22(27)10-15-29-21-7-5-4-6-20(21)28-2/h4-9,16H,3,10-15H2,1-2H3,(H,24,27). The van der Waals surface area contributed by atoms with Crippen LogP contribution in [0.3, 0.4) is 0 Å². The summed E-state index contributed by atoms with van der Waals surface area (Å²) in [5.74, 6) is 1.16. The highest BCUT2D eigenvalue weighted by Crippen LogP contribution is 2.30. The van der Waals surface area contributed by atoms with E-state index < -0.39 is 0 Å². The fourth-order valence-corrected chi connectivity index (χ4v) is 3.57. The second kappa shape index (κ2) is 10.4. The van der Waals surface area contributed by atoms with Gasteiger partial charge in [0.25, 0.3) is 0 Å². The number of benzene rings is 2. The van der Waals surface area contributed by atoms with Gasteiger partial charge in [-0.05, 0) is 36.9 Å². The summed E-state index contributed by atoms with van der Waals surface area (Å²) in [6.45, 7) is 7.38. The summed E-state index contributed by atoms with van der Waals surface area (Å²) in [6, 6.07) is 13.0. The fraction of sp³-hybridized carbons (Fsp3) is 0.409. The molecule has 0 spiro atoms. The van der Waals surface area contributed by atoms with E-state index in [1.165, 1.54) is 0 Å². The lowest BCUT2D eigenvalue weighted by Gasteiger charge is -2.36. The highest BCUT2D eigenvalue weighted by Gasteiger charge is 2.19. The molecule has 156 valence electrons. The van der Waals surface area contributed by atoms with E-state index in [9.17, 15) is 4.79 Å². The van der Waals surface area contributed by atoms with Gasteiger partial charge in [-0.2, -0.15) is 0 Å². The molecule has 1 fully saturated rings. The predicted octanol–water partition coefficient (Wildman–Crippen LogP) is 3.90. The summed E-state index contributed by atoms with van der Waals surface area (Å²) >= 11 is 6.19. The zero-order chi connectivity index (χ0) is 20.6. The molecule has 1 aliphatic rings. The van der Waals surface area contributed by atoms with E-state index in [0.717, 1.165) is 44.1 Å². The Bertz CT molecular complexity index is 823. The summed E-state index contributed by atoms with van der Waals surface area (Å²) in [7, 11) is 1.59. The summed E-state index contributed by atoms with van der Waals surface area (Å²) in [4.78, 5) is 17.2. The number of amides is 1. The van der Waals surface area contributed by atoms with Gasteiger partial charge in [0.05, 0.1) is 31.5 Å². The molecule has 1 N–H and O–H groups in total. The van der Waals surface area contributed by atoms with Crippen LogP contribution < -0.4 is 19.7 Å². The van der Waals surface area contributed by atoms with Crippen LogP contribution in [-0.4, -0.2) is 57.2 Å². The fourth-order valence-electron chi connectivity index (χ4n) is 3.39. The highest BCUT2D eigenvalue weighted by molar-refractivity contribution is 6.31. The maximum absolute atomic E-state index is 12.5. The number of rotatable bonds is 8. The number of ether oxygens (including phenoxy) is 2. The van der Waals surface area contributed by atoms with E-state index >= 15 is 0 Å². The van der Waals surface area contributed by atoms with Gasteiger partial charge in [0.15, 0.2) is 11.5 Å². The molecule has 0 radical (unpaired) electrons. The molecule has 3 rings (SSSR count). The molecule has 1 heterocycles. The molecule has 2 aromatic carbocycles. The molecule has 2 aromatic rings. The van der Waals surface area contributed by atoms with E-state index in [-0.39, 0.29) is 18.9 Å². The number of para-hydroxylation sites is 2. The van der Waals surface area contributed by atoms with E-state index in [2.05, 4.69) is 22.0 Å². The van der Waals surface area contributed by atoms with Gasteiger partial charge in [-0.1, -0.05) is 30.7 Å². The van der Waals surface area contributed by atoms with Gasteiger partial charge >= 0.3 is 0 Å². The Hall–Kier alpha value is -2.44. The van der Waals surface area contributed by atoms with Crippen molar-refractivity contribution in [3.05, 3.63) is 47.5 Å². The number of carbonyl (C=O) groups excluding carboxylic acids is 1. The topological polar surface area (TPSA) is 54.0 Å². The van der Waals surface area contributed by atoms with Crippen molar-refractivity contribution in [1.82, 2.24) is 4.90 Å². The van der Waals surface area contributed by atoms with E-state index in [0.29, 0.717) is 16.5 Å². The molecule has 1 saturated heterocycles. The number of hydrogen-bond donors (Lipinski definition) is 1. The Balaban J connectivity index is 1.59. The first-order valence-electron chi connectivity index (χ1n) is 9.93. The first kappa shape index (κ1) is 21.3. The summed E-state index contributed by atoms with van der Waals surface area (Å²) < 4.78 is 11.0. The van der Waals surface area contributed by atoms with Crippen LogP contribution in [0.2, 0.25) is 5.02 Å². The summed E-state index contributed by atoms with van der Waals surface area (Å²) in [5.41, 5.74) is 1.74. The monoisotopic (exact) mass is 417 g/mol. The van der Waals surface area contributed by atoms with Crippen LogP contribution in [0.4, 0.5) is 11.4 Å². The normalized spacial score (nSPS) is 14.5. The number of hydrogen-bond acceptors (Lipinski definition) is 5. The lowest BCUT2D eigenvalue weighted by atomic mass is 10.2. The third-order valence-electron chi connectivity index (χ3n) is 5.05. The Labute approximate surface area is 177 Å². The molecule has 1 aliphatic heterocycles. The SMILES string of the molecule is CCN1CCN(c2ccc(Cl)cc2NC(=O)CCOc2ccccc2OC)CC1. The van der Waals surface area contributed by atoms with Gasteiger partial charge < -0.3 is 24.6 Å². The number of halogens is 1. The van der Waals surface area contributed by atoms with Crippen LogP contribution in [-0.2, 0) is 4.79 Å². The molecular formula is C22H28ClN3O3. The van der Waals surface area contributed by atoms with E-state index in [1.807, 2.05) is 42.5 Å². The van der Waals surface area contributed by atoms with Crippen molar-refractivity contribution < 1.29 is 14.3 Å². The van der Waals surface area contributed by atoms with Crippen molar-refractivity contribution in [1.29, 1.82) is 0 Å². The Morgan fingerprint density at radius 3 is 2.52 bits per heavy atom. The minimum absolute atomic E-state index is 0.115. The number of nitrogens with zero attached hydrogens (tertiary/aromatic N) is 2. The number of anilines is 2. The van der Waals surface area contributed by atoms with E-state index in [4.69, 9.17) is 21.1 Å². The van der Waals surface area contributed by atoms with Crippen LogP contribution >= 0.6 is 11.6 Å². The number of likely N-dealkylation sites (N-methyl/N-ethyl adjacent to an activating group) is 1. The van der Waals surface area contributed by atoms with Gasteiger partial charge in [0.1, 0.15) is 0 Å². The van der Waals surface area contributed by atoms with Crippen molar-refractivity contribution in [3.8, 4) is 11.5 Å². The Morgan fingerprint density at radius 1 is 1.10 bits per heavy atom. The number of piperazine rings is 1. The predicted molar refractivity (Wildman–Crippen MR) is 118 cm³/mol. The average Bonchev–Trinajstić information content (AvgIpc) is 2.74. The van der Waals surface area contributed by atoms with Crippen LogP contribution in [0.15, 0.2) is 42.5 Å². The first-order chi connectivity index (χ1) is 14.1. The summed E-state index contributed by atoms with van der Waals surface area (Å²) in [5, 5.41) is 3.60. The average molecular weight is 418 g/mol. The van der Waals surface area contributed by atoms with Crippen molar-refractivity contribution >= 4 is 28.9 Å². The van der Waals surface area contributed by atoms with E-state index in [1.54, 1.807) is 7.11 Å². The molecule has 0 atom stereocenters. The molecule has 0 aliphatic carbocycles. The molecule has 0 saturated carbocycles. The first-order valence-corrected chi connectivity index (χ1v) is 10.3. The second-order valence-electron chi connectivity index (χ2n) is 6.88. The third-order valence-corrected chi connectivity index (χ3v) is 5.28. The van der Waals surface area contributed by atoms with Gasteiger partial charge in [-0.25, -0.2) is 0 Å². The maximum atomic E-state index is 12.5. The molecule has 1 amide bonds. The third kappa shape index (κ3) is 5.78. The lowest BCUT2D eigenvalue weighted by Crippen LogP contribution is -2.46. The molecular weight excluding hydrogens is 390 g/mol. The molecule has 6 nitrogen and oxygen atoms in total. The van der Waals surface area contributed by atoms with Crippen LogP contribution in [0.1, 0.15) is 13.3 Å². The minimum atomic E-state index is -0.115. The largest absolute Gasteiger partial charge is 0.493 e. The second-order valence-corrected chi connectivity index (χ2v) is 7.32. The number of nitrogens with one attached hydrogen (secondary N) is 1. The lowest BCUT2D eigenvalue weighted by molar-refractivity contribution is -0.116. The molecule has 29 heavy (non-hydrogen) atoms. The van der Waals surface area contributed by atoms with Crippen molar-refractivity contribution in [3.63, 3.8) is 0 Å². The maximum Gasteiger partial charge on any atom is 0.227 e. The van der Waals surface area contributed by atoms with Gasteiger partial charge in [0.2, 0.25) is 5.91 Å². The van der Waals surface area contributed by atoms with Gasteiger partial charge in [-0.15, -0.1) is 0 Å².